The summed E-state index contributed by atoms with van der Waals surface area (Å²) in [6, 6.07) is 8.01. The standard InChI is InChI=1S/C24H18Br2N2O6S/c1-3-32-23(31)19-11(2)27-24-28(20(19)13-4-5-16-17(9-13)34-10-33-16)22(30)18(35-24)8-12-6-14(25)21(29)15(26)7-12/h4-9,20,29H,3,10H2,1-2H3/b18-8+. The highest BCUT2D eigenvalue weighted by Crippen LogP contribution is 2.38. The van der Waals surface area contributed by atoms with Crippen molar-refractivity contribution < 1.29 is 24.1 Å². The number of thiazole rings is 1. The smallest absolute Gasteiger partial charge is 0.338 e. The van der Waals surface area contributed by atoms with E-state index >= 15 is 0 Å². The molecule has 3 aromatic rings. The second-order valence-electron chi connectivity index (χ2n) is 7.75. The SMILES string of the molecule is CCOC(=O)C1=C(C)N=c2s/c(=C/c3cc(Br)c(O)c(Br)c3)c(=O)n2C1c1ccc2c(c1)OCO2. The second-order valence-corrected chi connectivity index (χ2v) is 10.5. The molecule has 0 saturated heterocycles. The van der Waals surface area contributed by atoms with Gasteiger partial charge in [0, 0.05) is 0 Å². The minimum atomic E-state index is -0.750. The predicted octanol–water partition coefficient (Wildman–Crippen LogP) is 3.76. The number of esters is 1. The molecule has 3 heterocycles. The maximum absolute atomic E-state index is 13.7. The largest absolute Gasteiger partial charge is 0.506 e. The number of phenols is 1. The lowest BCUT2D eigenvalue weighted by molar-refractivity contribution is -0.139. The second kappa shape index (κ2) is 9.29. The van der Waals surface area contributed by atoms with Crippen molar-refractivity contribution in [2.75, 3.05) is 13.4 Å². The number of benzene rings is 2. The van der Waals surface area contributed by atoms with Crippen LogP contribution in [0.2, 0.25) is 0 Å². The molecule has 35 heavy (non-hydrogen) atoms. The van der Waals surface area contributed by atoms with Crippen LogP contribution in [0.3, 0.4) is 0 Å². The van der Waals surface area contributed by atoms with Gasteiger partial charge in [-0.25, -0.2) is 9.79 Å². The monoisotopic (exact) mass is 620 g/mol. The molecule has 1 aromatic heterocycles. The van der Waals surface area contributed by atoms with Gasteiger partial charge in [0.15, 0.2) is 16.3 Å². The van der Waals surface area contributed by atoms with Crippen molar-refractivity contribution in [3.63, 3.8) is 0 Å². The van der Waals surface area contributed by atoms with Crippen LogP contribution in [0.25, 0.3) is 6.08 Å². The topological polar surface area (TPSA) is 99.4 Å². The molecule has 0 radical (unpaired) electrons. The van der Waals surface area contributed by atoms with Crippen LogP contribution in [0.1, 0.15) is 31.0 Å². The Hall–Kier alpha value is -2.89. The summed E-state index contributed by atoms with van der Waals surface area (Å²) in [5.74, 6) is 0.683. The molecule has 0 spiro atoms. The normalized spacial score (nSPS) is 16.8. The third-order valence-electron chi connectivity index (χ3n) is 5.57. The Morgan fingerprint density at radius 2 is 1.97 bits per heavy atom. The van der Waals surface area contributed by atoms with Gasteiger partial charge in [0.05, 0.1) is 37.4 Å². The number of fused-ring (bicyclic) bond motifs is 2. The highest BCUT2D eigenvalue weighted by molar-refractivity contribution is 9.11. The van der Waals surface area contributed by atoms with E-state index in [2.05, 4.69) is 36.9 Å². The van der Waals surface area contributed by atoms with E-state index in [9.17, 15) is 14.7 Å². The van der Waals surface area contributed by atoms with Crippen LogP contribution in [0, 0.1) is 0 Å². The van der Waals surface area contributed by atoms with E-state index in [4.69, 9.17) is 14.2 Å². The summed E-state index contributed by atoms with van der Waals surface area (Å²) in [5, 5.41) is 10.0. The Labute approximate surface area is 220 Å². The molecule has 5 rings (SSSR count). The molecule has 2 aromatic carbocycles. The first-order valence-electron chi connectivity index (χ1n) is 10.6. The number of carbonyl (C=O) groups is 1. The van der Waals surface area contributed by atoms with E-state index < -0.39 is 12.0 Å². The van der Waals surface area contributed by atoms with Gasteiger partial charge in [0.2, 0.25) is 6.79 Å². The number of hydrogen-bond donors (Lipinski definition) is 1. The fourth-order valence-electron chi connectivity index (χ4n) is 4.01. The van der Waals surface area contributed by atoms with Crippen molar-refractivity contribution in [3.05, 3.63) is 81.4 Å². The first-order chi connectivity index (χ1) is 16.8. The summed E-state index contributed by atoms with van der Waals surface area (Å²) in [6.07, 6.45) is 1.72. The van der Waals surface area contributed by atoms with Gasteiger partial charge in [-0.15, -0.1) is 0 Å². The average molecular weight is 622 g/mol. The first-order valence-corrected chi connectivity index (χ1v) is 13.0. The van der Waals surface area contributed by atoms with Crippen LogP contribution in [0.15, 0.2) is 60.3 Å². The molecule has 8 nitrogen and oxygen atoms in total. The van der Waals surface area contributed by atoms with Gasteiger partial charge in [0.25, 0.3) is 5.56 Å². The van der Waals surface area contributed by atoms with Crippen LogP contribution in [0.5, 0.6) is 17.2 Å². The summed E-state index contributed by atoms with van der Waals surface area (Å²) in [6.45, 7) is 3.77. The van der Waals surface area contributed by atoms with Gasteiger partial charge in [-0.3, -0.25) is 9.36 Å². The zero-order valence-corrected chi connectivity index (χ0v) is 22.5. The average Bonchev–Trinajstić information content (AvgIpc) is 3.40. The van der Waals surface area contributed by atoms with E-state index in [0.29, 0.717) is 52.2 Å². The number of carbonyl (C=O) groups excluding carboxylic acids is 1. The molecule has 0 fully saturated rings. The molecular weight excluding hydrogens is 604 g/mol. The third kappa shape index (κ3) is 4.21. The van der Waals surface area contributed by atoms with Crippen molar-refractivity contribution in [2.45, 2.75) is 19.9 Å². The third-order valence-corrected chi connectivity index (χ3v) is 7.76. The minimum Gasteiger partial charge on any atom is -0.506 e. The quantitative estimate of drug-likeness (QED) is 0.446. The summed E-state index contributed by atoms with van der Waals surface area (Å²) < 4.78 is 19.2. The Kier molecular flexibility index (Phi) is 6.32. The molecule has 1 unspecified atom stereocenters. The lowest BCUT2D eigenvalue weighted by atomic mass is 9.95. The van der Waals surface area contributed by atoms with Crippen molar-refractivity contribution in [3.8, 4) is 17.2 Å². The lowest BCUT2D eigenvalue weighted by Crippen LogP contribution is -2.39. The number of nitrogens with zero attached hydrogens (tertiary/aromatic N) is 2. The fourth-order valence-corrected chi connectivity index (χ4v) is 6.28. The number of halogens is 2. The lowest BCUT2D eigenvalue weighted by Gasteiger charge is -2.24. The van der Waals surface area contributed by atoms with Crippen molar-refractivity contribution >= 4 is 55.2 Å². The van der Waals surface area contributed by atoms with E-state index in [1.54, 1.807) is 44.2 Å². The van der Waals surface area contributed by atoms with E-state index in [1.165, 1.54) is 15.9 Å². The number of ether oxygens (including phenoxy) is 3. The molecule has 1 atom stereocenters. The Morgan fingerprint density at radius 3 is 2.69 bits per heavy atom. The molecule has 0 aliphatic carbocycles. The molecule has 0 amide bonds. The maximum Gasteiger partial charge on any atom is 0.338 e. The van der Waals surface area contributed by atoms with Crippen LogP contribution in [-0.2, 0) is 9.53 Å². The zero-order valence-electron chi connectivity index (χ0n) is 18.5. The van der Waals surface area contributed by atoms with Gasteiger partial charge in [-0.1, -0.05) is 17.4 Å². The number of rotatable bonds is 4. The van der Waals surface area contributed by atoms with Crippen LogP contribution >= 0.6 is 43.2 Å². The number of phenolic OH excluding ortho intramolecular Hbond substituents is 1. The Balaban J connectivity index is 1.73. The predicted molar refractivity (Wildman–Crippen MR) is 136 cm³/mol. The summed E-state index contributed by atoms with van der Waals surface area (Å²) in [4.78, 5) is 31.7. The van der Waals surface area contributed by atoms with Crippen molar-refractivity contribution in [1.29, 1.82) is 0 Å². The number of allylic oxidation sites excluding steroid dienone is 1. The van der Waals surface area contributed by atoms with Crippen LogP contribution < -0.4 is 24.4 Å². The molecular formula is C24H18Br2N2O6S. The maximum atomic E-state index is 13.7. The molecule has 1 N–H and O–H groups in total. The molecule has 0 saturated carbocycles. The number of hydrogen-bond acceptors (Lipinski definition) is 8. The Morgan fingerprint density at radius 1 is 1.26 bits per heavy atom. The highest BCUT2D eigenvalue weighted by Gasteiger charge is 2.34. The van der Waals surface area contributed by atoms with E-state index in [-0.39, 0.29) is 24.7 Å². The minimum absolute atomic E-state index is 0.0705. The summed E-state index contributed by atoms with van der Waals surface area (Å²) in [7, 11) is 0. The van der Waals surface area contributed by atoms with Gasteiger partial charge < -0.3 is 19.3 Å². The van der Waals surface area contributed by atoms with Gasteiger partial charge in [-0.2, -0.15) is 0 Å². The summed E-state index contributed by atoms with van der Waals surface area (Å²) >= 11 is 7.86. The van der Waals surface area contributed by atoms with Gasteiger partial charge >= 0.3 is 5.97 Å². The number of aromatic nitrogens is 1. The fraction of sp³-hybridized carbons (Fsp3) is 0.208. The van der Waals surface area contributed by atoms with Crippen molar-refractivity contribution in [1.82, 2.24) is 4.57 Å². The van der Waals surface area contributed by atoms with Crippen LogP contribution in [0.4, 0.5) is 0 Å². The van der Waals surface area contributed by atoms with E-state index in [0.717, 1.165) is 0 Å². The highest BCUT2D eigenvalue weighted by atomic mass is 79.9. The van der Waals surface area contributed by atoms with Crippen LogP contribution in [-0.4, -0.2) is 29.0 Å². The van der Waals surface area contributed by atoms with Gasteiger partial charge in [-0.05, 0) is 87.2 Å². The molecule has 0 bridgehead atoms. The van der Waals surface area contributed by atoms with Crippen molar-refractivity contribution in [2.24, 2.45) is 4.99 Å². The molecule has 2 aliphatic heterocycles. The number of aromatic hydroxyl groups is 1. The molecule has 2 aliphatic rings. The molecule has 11 heteroatoms. The first kappa shape index (κ1) is 23.8. The zero-order chi connectivity index (χ0) is 24.9. The van der Waals surface area contributed by atoms with E-state index in [1.807, 2.05) is 6.07 Å². The Bertz CT molecular complexity index is 1570. The summed E-state index contributed by atoms with van der Waals surface area (Å²) in [5.41, 5.74) is 1.85. The van der Waals surface area contributed by atoms with Gasteiger partial charge in [0.1, 0.15) is 5.75 Å². The molecule has 180 valence electrons.